The van der Waals surface area contributed by atoms with Gasteiger partial charge in [-0.3, -0.25) is 4.79 Å². The van der Waals surface area contributed by atoms with E-state index in [0.717, 1.165) is 22.4 Å². The first-order valence-corrected chi connectivity index (χ1v) is 12.1. The van der Waals surface area contributed by atoms with E-state index in [4.69, 9.17) is 9.47 Å². The molecule has 7 nitrogen and oxygen atoms in total. The summed E-state index contributed by atoms with van der Waals surface area (Å²) in [6.45, 7) is 13.6. The van der Waals surface area contributed by atoms with Gasteiger partial charge in [0, 0.05) is 12.2 Å². The molecule has 1 N–H and O–H groups in total. The maximum Gasteiger partial charge on any atom is 0.234 e. The fourth-order valence-corrected chi connectivity index (χ4v) is 4.50. The molecule has 1 amide bonds. The number of carbonyl (C=O) groups is 1. The van der Waals surface area contributed by atoms with Gasteiger partial charge in [0.2, 0.25) is 5.91 Å². The summed E-state index contributed by atoms with van der Waals surface area (Å²) in [5.74, 6) is 2.27. The number of thioether (sulfide) groups is 1. The van der Waals surface area contributed by atoms with Crippen LogP contribution in [-0.4, -0.2) is 33.0 Å². The van der Waals surface area contributed by atoms with Gasteiger partial charge >= 0.3 is 0 Å². The molecule has 0 saturated carbocycles. The van der Waals surface area contributed by atoms with Crippen molar-refractivity contribution >= 4 is 23.4 Å². The number of aryl methyl sites for hydroxylation is 4. The van der Waals surface area contributed by atoms with Crippen molar-refractivity contribution in [2.45, 2.75) is 59.9 Å². The lowest BCUT2D eigenvalue weighted by molar-refractivity contribution is -0.113. The summed E-state index contributed by atoms with van der Waals surface area (Å²) in [5.41, 5.74) is 5.28. The van der Waals surface area contributed by atoms with Crippen LogP contribution >= 0.6 is 11.8 Å². The highest BCUT2D eigenvalue weighted by Gasteiger charge is 2.16. The smallest absolute Gasteiger partial charge is 0.234 e. The molecule has 3 aromatic rings. The molecule has 0 aliphatic heterocycles. The fraction of sp³-hybridized carbons (Fsp3) is 0.400. The molecule has 0 aliphatic carbocycles. The zero-order valence-corrected chi connectivity index (χ0v) is 21.0. The van der Waals surface area contributed by atoms with Crippen LogP contribution in [0.3, 0.4) is 0 Å². The zero-order chi connectivity index (χ0) is 24.0. The average Bonchev–Trinajstić information content (AvgIpc) is 3.16. The molecule has 0 spiro atoms. The summed E-state index contributed by atoms with van der Waals surface area (Å²) < 4.78 is 13.6. The minimum atomic E-state index is -0.0699. The van der Waals surface area contributed by atoms with E-state index in [1.165, 1.54) is 17.3 Å². The Hall–Kier alpha value is -3.00. The summed E-state index contributed by atoms with van der Waals surface area (Å²) in [6.07, 6.45) is 0. The number of nitrogens with zero attached hydrogens (tertiary/aromatic N) is 3. The number of hydrogen-bond donors (Lipinski definition) is 1. The van der Waals surface area contributed by atoms with E-state index >= 15 is 0 Å². The van der Waals surface area contributed by atoms with Crippen molar-refractivity contribution in [3.8, 4) is 11.5 Å². The van der Waals surface area contributed by atoms with Gasteiger partial charge in [-0.2, -0.15) is 0 Å². The van der Waals surface area contributed by atoms with Crippen LogP contribution in [0, 0.1) is 27.7 Å². The monoisotopic (exact) mass is 468 g/mol. The largest absolute Gasteiger partial charge is 0.490 e. The number of carbonyl (C=O) groups excluding carboxylic acids is 1. The lowest BCUT2D eigenvalue weighted by atomic mass is 10.1. The predicted molar refractivity (Wildman–Crippen MR) is 132 cm³/mol. The van der Waals surface area contributed by atoms with Gasteiger partial charge in [0.25, 0.3) is 0 Å². The van der Waals surface area contributed by atoms with Crippen LogP contribution in [0.15, 0.2) is 35.5 Å². The molecule has 0 radical (unpaired) electrons. The third kappa shape index (κ3) is 6.28. The maximum absolute atomic E-state index is 12.6. The van der Waals surface area contributed by atoms with Crippen molar-refractivity contribution in [2.75, 3.05) is 17.7 Å². The van der Waals surface area contributed by atoms with E-state index in [0.29, 0.717) is 35.6 Å². The fourth-order valence-electron chi connectivity index (χ4n) is 3.68. The molecule has 0 fully saturated rings. The topological polar surface area (TPSA) is 78.3 Å². The quantitative estimate of drug-likeness (QED) is 0.410. The van der Waals surface area contributed by atoms with E-state index in [-0.39, 0.29) is 18.3 Å². The molecule has 2 aromatic carbocycles. The normalized spacial score (nSPS) is 10.8. The Bertz CT molecular complexity index is 1100. The highest BCUT2D eigenvalue weighted by Crippen LogP contribution is 2.29. The summed E-state index contributed by atoms with van der Waals surface area (Å²) >= 11 is 1.37. The van der Waals surface area contributed by atoms with Gasteiger partial charge in [-0.05, 0) is 70.4 Å². The van der Waals surface area contributed by atoms with Gasteiger partial charge in [-0.1, -0.05) is 35.5 Å². The Morgan fingerprint density at radius 2 is 1.70 bits per heavy atom. The lowest BCUT2D eigenvalue weighted by Crippen LogP contribution is -2.16. The Morgan fingerprint density at radius 1 is 0.970 bits per heavy atom. The molecule has 3 rings (SSSR count). The van der Waals surface area contributed by atoms with Crippen molar-refractivity contribution in [1.29, 1.82) is 0 Å². The Kier molecular flexibility index (Phi) is 8.38. The molecule has 0 saturated heterocycles. The van der Waals surface area contributed by atoms with E-state index in [1.807, 2.05) is 57.4 Å². The number of rotatable bonds is 10. The van der Waals surface area contributed by atoms with Gasteiger partial charge in [0.05, 0.1) is 12.4 Å². The highest BCUT2D eigenvalue weighted by molar-refractivity contribution is 7.99. The summed E-state index contributed by atoms with van der Waals surface area (Å²) in [6, 6.07) is 9.99. The van der Waals surface area contributed by atoms with Gasteiger partial charge < -0.3 is 19.4 Å². The number of anilines is 1. The van der Waals surface area contributed by atoms with Crippen molar-refractivity contribution < 1.29 is 14.3 Å². The molecule has 0 bridgehead atoms. The Morgan fingerprint density at radius 3 is 2.36 bits per heavy atom. The van der Waals surface area contributed by atoms with Gasteiger partial charge in [-0.15, -0.1) is 10.2 Å². The molecule has 0 aliphatic rings. The van der Waals surface area contributed by atoms with Crippen LogP contribution in [0.2, 0.25) is 0 Å². The minimum Gasteiger partial charge on any atom is -0.490 e. The van der Waals surface area contributed by atoms with E-state index in [2.05, 4.69) is 34.6 Å². The predicted octanol–water partition coefficient (Wildman–Crippen LogP) is 5.24. The zero-order valence-electron chi connectivity index (χ0n) is 20.2. The summed E-state index contributed by atoms with van der Waals surface area (Å²) in [7, 11) is 0. The number of aromatic nitrogens is 3. The molecular formula is C25H32N4O3S. The third-order valence-corrected chi connectivity index (χ3v) is 6.11. The first-order chi connectivity index (χ1) is 15.8. The van der Waals surface area contributed by atoms with Crippen molar-refractivity contribution in [1.82, 2.24) is 14.8 Å². The number of amides is 1. The molecular weight excluding hydrogens is 436 g/mol. The Labute approximate surface area is 199 Å². The SMILES string of the molecule is CCOc1cc(C)ccc1OCc1nnc(SCC(=O)Nc2c(C)cc(C)cc2C)n1CC. The molecule has 1 aromatic heterocycles. The van der Waals surface area contributed by atoms with Gasteiger partial charge in [-0.25, -0.2) is 0 Å². The first kappa shape index (κ1) is 24.6. The Balaban J connectivity index is 1.63. The molecule has 33 heavy (non-hydrogen) atoms. The first-order valence-electron chi connectivity index (χ1n) is 11.1. The van der Waals surface area contributed by atoms with Crippen LogP contribution in [0.1, 0.15) is 41.9 Å². The van der Waals surface area contributed by atoms with Crippen LogP contribution in [0.5, 0.6) is 11.5 Å². The van der Waals surface area contributed by atoms with Crippen molar-refractivity contribution in [2.24, 2.45) is 0 Å². The number of hydrogen-bond acceptors (Lipinski definition) is 6. The van der Waals surface area contributed by atoms with Crippen molar-refractivity contribution in [3.63, 3.8) is 0 Å². The van der Waals surface area contributed by atoms with Crippen LogP contribution in [0.25, 0.3) is 0 Å². The second kappa shape index (κ2) is 11.2. The summed E-state index contributed by atoms with van der Waals surface area (Å²) in [4.78, 5) is 12.6. The summed E-state index contributed by atoms with van der Waals surface area (Å²) in [5, 5.41) is 12.3. The molecule has 0 atom stereocenters. The van der Waals surface area contributed by atoms with Crippen molar-refractivity contribution in [3.05, 3.63) is 58.4 Å². The second-order valence-electron chi connectivity index (χ2n) is 7.93. The number of nitrogens with one attached hydrogen (secondary N) is 1. The molecule has 8 heteroatoms. The number of benzene rings is 2. The molecule has 0 unspecified atom stereocenters. The van der Waals surface area contributed by atoms with Crippen LogP contribution in [-0.2, 0) is 17.9 Å². The maximum atomic E-state index is 12.6. The van der Waals surface area contributed by atoms with E-state index < -0.39 is 0 Å². The standard InChI is InChI=1S/C25H32N4O3S/c1-7-29-22(14-32-20-10-9-16(3)13-21(20)31-8-2)27-28-25(29)33-15-23(30)26-24-18(5)11-17(4)12-19(24)6/h9-13H,7-8,14-15H2,1-6H3,(H,26,30). The van der Waals surface area contributed by atoms with E-state index in [1.54, 1.807) is 0 Å². The average molecular weight is 469 g/mol. The molecule has 176 valence electrons. The van der Waals surface area contributed by atoms with Crippen LogP contribution < -0.4 is 14.8 Å². The molecule has 1 heterocycles. The minimum absolute atomic E-state index is 0.0699. The van der Waals surface area contributed by atoms with Gasteiger partial charge in [0.15, 0.2) is 22.5 Å². The van der Waals surface area contributed by atoms with Crippen LogP contribution in [0.4, 0.5) is 5.69 Å². The highest BCUT2D eigenvalue weighted by atomic mass is 32.2. The third-order valence-electron chi connectivity index (χ3n) is 5.14. The van der Waals surface area contributed by atoms with Gasteiger partial charge in [0.1, 0.15) is 6.61 Å². The van der Waals surface area contributed by atoms with E-state index in [9.17, 15) is 4.79 Å². The lowest BCUT2D eigenvalue weighted by Gasteiger charge is -2.13. The second-order valence-corrected chi connectivity index (χ2v) is 8.87. The number of ether oxygens (including phenoxy) is 2.